The largest absolute Gasteiger partial charge is 0.379 e. The molecule has 0 atom stereocenters. The molecule has 2 N–H and O–H groups in total. The zero-order valence-corrected chi connectivity index (χ0v) is 16.0. The predicted octanol–water partition coefficient (Wildman–Crippen LogP) is 2.17. The average Bonchev–Trinajstić information content (AvgIpc) is 2.73. The molecule has 6 nitrogen and oxygen atoms in total. The average molecular weight is 367 g/mol. The first-order valence-electron chi connectivity index (χ1n) is 9.63. The van der Waals surface area contributed by atoms with Gasteiger partial charge in [-0.2, -0.15) is 0 Å². The number of rotatable bonds is 7. The van der Waals surface area contributed by atoms with E-state index < -0.39 is 0 Å². The summed E-state index contributed by atoms with van der Waals surface area (Å²) in [7, 11) is 0. The van der Waals surface area contributed by atoms with Gasteiger partial charge in [-0.15, -0.1) is 0 Å². The van der Waals surface area contributed by atoms with Crippen molar-refractivity contribution in [2.45, 2.75) is 26.6 Å². The van der Waals surface area contributed by atoms with Crippen LogP contribution in [-0.4, -0.2) is 48.7 Å². The Morgan fingerprint density at radius 2 is 1.85 bits per heavy atom. The highest BCUT2D eigenvalue weighted by Gasteiger charge is 2.10. The monoisotopic (exact) mass is 367 g/mol. The summed E-state index contributed by atoms with van der Waals surface area (Å²) in [6, 6.07) is 14.7. The topological polar surface area (TPSA) is 61.8 Å². The minimum absolute atomic E-state index is 0.648. The van der Waals surface area contributed by atoms with Crippen LogP contribution in [0.15, 0.2) is 53.7 Å². The Hall–Kier alpha value is -2.44. The third-order valence-corrected chi connectivity index (χ3v) is 4.46. The first kappa shape index (κ1) is 19.3. The van der Waals surface area contributed by atoms with E-state index in [-0.39, 0.29) is 0 Å². The van der Waals surface area contributed by atoms with Crippen LogP contribution in [0.25, 0.3) is 0 Å². The van der Waals surface area contributed by atoms with Gasteiger partial charge in [-0.1, -0.05) is 30.3 Å². The first-order chi connectivity index (χ1) is 13.3. The van der Waals surface area contributed by atoms with Crippen LogP contribution in [0.4, 0.5) is 0 Å². The number of benzene rings is 1. The fraction of sp³-hybridized carbons (Fsp3) is 0.429. The first-order valence-corrected chi connectivity index (χ1v) is 9.63. The van der Waals surface area contributed by atoms with Gasteiger partial charge in [0.05, 0.1) is 32.0 Å². The molecule has 1 aromatic heterocycles. The number of hydrogen-bond acceptors (Lipinski definition) is 4. The highest BCUT2D eigenvalue weighted by molar-refractivity contribution is 5.79. The molecule has 3 rings (SSSR count). The SMILES string of the molecule is CCNC(=NCc1ccc(CN2CCOCC2)cc1)NCc1ccccn1. The van der Waals surface area contributed by atoms with Crippen molar-refractivity contribution in [3.8, 4) is 0 Å². The zero-order chi connectivity index (χ0) is 18.7. The van der Waals surface area contributed by atoms with Crippen LogP contribution in [0.1, 0.15) is 23.7 Å². The molecule has 0 bridgehead atoms. The quantitative estimate of drug-likeness (QED) is 0.580. The molecule has 0 amide bonds. The number of nitrogens with one attached hydrogen (secondary N) is 2. The Balaban J connectivity index is 1.52. The Kier molecular flexibility index (Phi) is 7.62. The van der Waals surface area contributed by atoms with E-state index in [1.807, 2.05) is 18.2 Å². The van der Waals surface area contributed by atoms with E-state index in [9.17, 15) is 0 Å². The normalized spacial score (nSPS) is 15.5. The van der Waals surface area contributed by atoms with Crippen LogP contribution in [0.2, 0.25) is 0 Å². The molecule has 0 radical (unpaired) electrons. The van der Waals surface area contributed by atoms with Gasteiger partial charge in [-0.3, -0.25) is 9.88 Å². The summed E-state index contributed by atoms with van der Waals surface area (Å²) in [5.74, 6) is 0.806. The van der Waals surface area contributed by atoms with Crippen LogP contribution >= 0.6 is 0 Å². The van der Waals surface area contributed by atoms with Crippen LogP contribution in [0, 0.1) is 0 Å². The maximum Gasteiger partial charge on any atom is 0.191 e. The van der Waals surface area contributed by atoms with Gasteiger partial charge in [0.25, 0.3) is 0 Å². The lowest BCUT2D eigenvalue weighted by Gasteiger charge is -2.26. The van der Waals surface area contributed by atoms with Crippen molar-refractivity contribution in [1.29, 1.82) is 0 Å². The maximum absolute atomic E-state index is 5.41. The molecule has 2 aromatic rings. The Bertz CT molecular complexity index is 696. The molecule has 1 fully saturated rings. The third-order valence-electron chi connectivity index (χ3n) is 4.46. The number of guanidine groups is 1. The molecule has 1 aliphatic rings. The lowest BCUT2D eigenvalue weighted by Crippen LogP contribution is -2.37. The molecule has 1 aliphatic heterocycles. The van der Waals surface area contributed by atoms with Gasteiger partial charge >= 0.3 is 0 Å². The number of pyridine rings is 1. The predicted molar refractivity (Wildman–Crippen MR) is 108 cm³/mol. The minimum atomic E-state index is 0.648. The van der Waals surface area contributed by atoms with Gasteiger partial charge in [-0.25, -0.2) is 4.99 Å². The summed E-state index contributed by atoms with van der Waals surface area (Å²) >= 11 is 0. The number of aromatic nitrogens is 1. The number of hydrogen-bond donors (Lipinski definition) is 2. The van der Waals surface area contributed by atoms with Crippen LogP contribution in [0.3, 0.4) is 0 Å². The molecule has 0 spiro atoms. The fourth-order valence-electron chi connectivity index (χ4n) is 2.96. The van der Waals surface area contributed by atoms with E-state index in [0.29, 0.717) is 13.1 Å². The standard InChI is InChI=1S/C21H29N5O/c1-2-22-21(25-16-20-5-3-4-10-23-20)24-15-18-6-8-19(9-7-18)17-26-11-13-27-14-12-26/h3-10H,2,11-17H2,1H3,(H2,22,24,25). The van der Waals surface area contributed by atoms with E-state index >= 15 is 0 Å². The van der Waals surface area contributed by atoms with E-state index in [0.717, 1.165) is 51.0 Å². The molecule has 1 saturated heterocycles. The van der Waals surface area contributed by atoms with Gasteiger partial charge < -0.3 is 15.4 Å². The summed E-state index contributed by atoms with van der Waals surface area (Å²) in [6.45, 7) is 8.89. The van der Waals surface area contributed by atoms with E-state index in [2.05, 4.69) is 56.7 Å². The molecule has 0 aliphatic carbocycles. The van der Waals surface area contributed by atoms with E-state index in [4.69, 9.17) is 4.74 Å². The lowest BCUT2D eigenvalue weighted by molar-refractivity contribution is 0.0342. The minimum Gasteiger partial charge on any atom is -0.379 e. The van der Waals surface area contributed by atoms with Gasteiger partial charge in [0.1, 0.15) is 0 Å². The van der Waals surface area contributed by atoms with Crippen molar-refractivity contribution in [1.82, 2.24) is 20.5 Å². The molecule has 0 unspecified atom stereocenters. The third kappa shape index (κ3) is 6.66. The second-order valence-corrected chi connectivity index (χ2v) is 6.57. The molecule has 27 heavy (non-hydrogen) atoms. The van der Waals surface area contributed by atoms with Crippen molar-refractivity contribution in [2.24, 2.45) is 4.99 Å². The van der Waals surface area contributed by atoms with Crippen molar-refractivity contribution < 1.29 is 4.74 Å². The van der Waals surface area contributed by atoms with E-state index in [1.165, 1.54) is 11.1 Å². The van der Waals surface area contributed by atoms with E-state index in [1.54, 1.807) is 6.20 Å². The van der Waals surface area contributed by atoms with Crippen LogP contribution < -0.4 is 10.6 Å². The summed E-state index contributed by atoms with van der Waals surface area (Å²) in [4.78, 5) is 11.4. The van der Waals surface area contributed by atoms with Crippen molar-refractivity contribution in [3.63, 3.8) is 0 Å². The number of aliphatic imine (C=N–C) groups is 1. The number of ether oxygens (including phenoxy) is 1. The van der Waals surface area contributed by atoms with Crippen LogP contribution in [-0.2, 0) is 24.4 Å². The molecule has 2 heterocycles. The highest BCUT2D eigenvalue weighted by Crippen LogP contribution is 2.10. The second kappa shape index (κ2) is 10.6. The van der Waals surface area contributed by atoms with Gasteiger partial charge in [0.2, 0.25) is 0 Å². The molecular weight excluding hydrogens is 338 g/mol. The number of morpholine rings is 1. The lowest BCUT2D eigenvalue weighted by atomic mass is 10.1. The summed E-state index contributed by atoms with van der Waals surface area (Å²) < 4.78 is 5.41. The Morgan fingerprint density at radius 1 is 1.07 bits per heavy atom. The van der Waals surface area contributed by atoms with Gasteiger partial charge in [-0.05, 0) is 30.2 Å². The molecule has 1 aromatic carbocycles. The fourth-order valence-corrected chi connectivity index (χ4v) is 2.96. The smallest absolute Gasteiger partial charge is 0.191 e. The molecule has 0 saturated carbocycles. The van der Waals surface area contributed by atoms with Crippen LogP contribution in [0.5, 0.6) is 0 Å². The van der Waals surface area contributed by atoms with Crippen molar-refractivity contribution in [2.75, 3.05) is 32.8 Å². The van der Waals surface area contributed by atoms with Gasteiger partial charge in [0.15, 0.2) is 5.96 Å². The maximum atomic E-state index is 5.41. The molecule has 144 valence electrons. The highest BCUT2D eigenvalue weighted by atomic mass is 16.5. The molecule has 6 heteroatoms. The summed E-state index contributed by atoms with van der Waals surface area (Å²) in [6.07, 6.45) is 1.81. The molecular formula is C21H29N5O. The van der Waals surface area contributed by atoms with Crippen molar-refractivity contribution in [3.05, 3.63) is 65.5 Å². The van der Waals surface area contributed by atoms with Crippen molar-refractivity contribution >= 4 is 5.96 Å². The second-order valence-electron chi connectivity index (χ2n) is 6.57. The summed E-state index contributed by atoms with van der Waals surface area (Å²) in [5, 5.41) is 6.61. The summed E-state index contributed by atoms with van der Waals surface area (Å²) in [5.41, 5.74) is 3.54. The number of nitrogens with zero attached hydrogens (tertiary/aromatic N) is 3. The Morgan fingerprint density at radius 3 is 2.56 bits per heavy atom. The Labute approximate surface area is 161 Å². The zero-order valence-electron chi connectivity index (χ0n) is 16.0. The van der Waals surface area contributed by atoms with Gasteiger partial charge in [0, 0.05) is 32.4 Å².